The number of alkyl halides is 3. The number of nitro benzene ring substituents is 2. The minimum Gasteiger partial charge on any atom is -0.410 e. The number of esters is 1. The molecule has 0 aliphatic rings. The van der Waals surface area contributed by atoms with Crippen molar-refractivity contribution in [3.63, 3.8) is 0 Å². The summed E-state index contributed by atoms with van der Waals surface area (Å²) in [5, 5.41) is 21.6. The number of aromatic nitrogens is 1. The third kappa shape index (κ3) is 3.00. The maximum atomic E-state index is 12.3. The molecule has 0 aliphatic carbocycles. The van der Waals surface area contributed by atoms with Gasteiger partial charge >= 0.3 is 17.8 Å². The van der Waals surface area contributed by atoms with E-state index in [1.54, 1.807) is 0 Å². The highest BCUT2D eigenvalue weighted by Gasteiger charge is 2.43. The molecule has 23 heavy (non-hydrogen) atoms. The Hall–Kier alpha value is -3.31. The molecule has 0 saturated carbocycles. The van der Waals surface area contributed by atoms with E-state index in [0.717, 1.165) is 12.3 Å². The van der Waals surface area contributed by atoms with Gasteiger partial charge in [0, 0.05) is 6.20 Å². The minimum atomic E-state index is -5.41. The first-order chi connectivity index (χ1) is 10.6. The van der Waals surface area contributed by atoms with Crippen LogP contribution in [0.25, 0.3) is 10.9 Å². The van der Waals surface area contributed by atoms with Gasteiger partial charge in [0.2, 0.25) is 5.75 Å². The molecule has 0 N–H and O–H groups in total. The summed E-state index contributed by atoms with van der Waals surface area (Å²) in [6.07, 6.45) is -4.38. The molecular weight excluding hydrogens is 327 g/mol. The van der Waals surface area contributed by atoms with Gasteiger partial charge in [0.25, 0.3) is 5.69 Å². The summed E-state index contributed by atoms with van der Waals surface area (Å²) >= 11 is 0. The predicted molar refractivity (Wildman–Crippen MR) is 66.7 cm³/mol. The van der Waals surface area contributed by atoms with Crippen LogP contribution in [0.2, 0.25) is 0 Å². The first kappa shape index (κ1) is 16.1. The zero-order valence-corrected chi connectivity index (χ0v) is 10.7. The second-order valence-corrected chi connectivity index (χ2v) is 4.05. The van der Waals surface area contributed by atoms with Crippen LogP contribution in [-0.2, 0) is 4.79 Å². The zero-order chi connectivity index (χ0) is 17.4. The Morgan fingerprint density at radius 2 is 1.78 bits per heavy atom. The van der Waals surface area contributed by atoms with Gasteiger partial charge in [0.05, 0.1) is 21.3 Å². The smallest absolute Gasteiger partial charge is 0.410 e. The molecule has 0 atom stereocenters. The zero-order valence-electron chi connectivity index (χ0n) is 10.7. The molecule has 0 aliphatic heterocycles. The van der Waals surface area contributed by atoms with Crippen LogP contribution in [-0.4, -0.2) is 27.0 Å². The molecule has 1 aromatic heterocycles. The molecule has 0 radical (unpaired) electrons. The summed E-state index contributed by atoms with van der Waals surface area (Å²) in [6.45, 7) is 0. The molecule has 0 amide bonds. The van der Waals surface area contributed by atoms with E-state index < -0.39 is 44.6 Å². The van der Waals surface area contributed by atoms with Crippen LogP contribution in [0.15, 0.2) is 24.4 Å². The summed E-state index contributed by atoms with van der Waals surface area (Å²) in [7, 11) is 0. The van der Waals surface area contributed by atoms with Crippen LogP contribution in [0.4, 0.5) is 24.5 Å². The number of hydrogen-bond acceptors (Lipinski definition) is 7. The molecule has 1 heterocycles. The number of rotatable bonds is 3. The Morgan fingerprint density at radius 1 is 1.17 bits per heavy atom. The first-order valence-electron chi connectivity index (χ1n) is 5.62. The topological polar surface area (TPSA) is 125 Å². The third-order valence-electron chi connectivity index (χ3n) is 2.62. The lowest BCUT2D eigenvalue weighted by Crippen LogP contribution is -2.28. The van der Waals surface area contributed by atoms with Crippen molar-refractivity contribution >= 4 is 28.2 Å². The fraction of sp³-hybridized carbons (Fsp3) is 0.0909. The van der Waals surface area contributed by atoms with Gasteiger partial charge in [-0.05, 0) is 12.1 Å². The summed E-state index contributed by atoms with van der Waals surface area (Å²) in [5.41, 5.74) is -2.54. The van der Waals surface area contributed by atoms with E-state index >= 15 is 0 Å². The highest BCUT2D eigenvalue weighted by atomic mass is 19.4. The number of non-ortho nitro benzene ring substituents is 1. The normalized spacial score (nSPS) is 11.3. The number of nitro groups is 2. The van der Waals surface area contributed by atoms with Crippen molar-refractivity contribution in [2.75, 3.05) is 0 Å². The molecule has 9 nitrogen and oxygen atoms in total. The van der Waals surface area contributed by atoms with E-state index in [4.69, 9.17) is 0 Å². The quantitative estimate of drug-likeness (QED) is 0.366. The van der Waals surface area contributed by atoms with Crippen LogP contribution < -0.4 is 4.74 Å². The van der Waals surface area contributed by atoms with Gasteiger partial charge in [-0.1, -0.05) is 0 Å². The van der Waals surface area contributed by atoms with Crippen molar-refractivity contribution < 1.29 is 32.5 Å². The van der Waals surface area contributed by atoms with Crippen molar-refractivity contribution in [3.05, 3.63) is 44.6 Å². The fourth-order valence-corrected chi connectivity index (χ4v) is 1.72. The van der Waals surface area contributed by atoms with E-state index in [9.17, 15) is 38.2 Å². The number of fused-ring (bicyclic) bond motifs is 1. The molecule has 2 rings (SSSR count). The number of nitrogens with zero attached hydrogens (tertiary/aromatic N) is 3. The molecule has 0 bridgehead atoms. The number of carbonyl (C=O) groups excluding carboxylic acids is 1. The van der Waals surface area contributed by atoms with Crippen LogP contribution in [0.5, 0.6) is 5.75 Å². The maximum absolute atomic E-state index is 12.3. The minimum absolute atomic E-state index is 0.312. The van der Waals surface area contributed by atoms with Gasteiger partial charge in [-0.15, -0.1) is 0 Å². The fourth-order valence-electron chi connectivity index (χ4n) is 1.72. The van der Waals surface area contributed by atoms with Crippen LogP contribution >= 0.6 is 0 Å². The standard InChI is InChI=1S/C11H4F3N3O6/c12-11(13,14)10(18)23-9-7(17(21)22)4-6(16(19)20)5-2-1-3-15-8(5)9/h1-4H. The molecule has 120 valence electrons. The number of halogens is 3. The van der Waals surface area contributed by atoms with E-state index in [2.05, 4.69) is 9.72 Å². The molecule has 0 spiro atoms. The van der Waals surface area contributed by atoms with Gasteiger partial charge < -0.3 is 4.74 Å². The molecule has 0 unspecified atom stereocenters. The summed E-state index contributed by atoms with van der Waals surface area (Å²) in [6, 6.07) is 2.74. The second kappa shape index (κ2) is 5.47. The van der Waals surface area contributed by atoms with Crippen molar-refractivity contribution in [3.8, 4) is 5.75 Å². The third-order valence-corrected chi connectivity index (χ3v) is 2.62. The summed E-state index contributed by atoms with van der Waals surface area (Å²) < 4.78 is 40.9. The SMILES string of the molecule is O=C(Oc1c([N+](=O)[O-])cc([N+](=O)[O-])c2cccnc12)C(F)(F)F. The highest BCUT2D eigenvalue weighted by molar-refractivity contribution is 5.97. The van der Waals surface area contributed by atoms with Crippen molar-refractivity contribution in [2.45, 2.75) is 6.18 Å². The lowest BCUT2D eigenvalue weighted by atomic mass is 10.1. The molecular formula is C11H4F3N3O6. The van der Waals surface area contributed by atoms with Crippen LogP contribution in [0.3, 0.4) is 0 Å². The number of carbonyl (C=O) groups is 1. The highest BCUT2D eigenvalue weighted by Crippen LogP contribution is 2.40. The number of benzene rings is 1. The maximum Gasteiger partial charge on any atom is 0.491 e. The van der Waals surface area contributed by atoms with E-state index in [0.29, 0.717) is 6.07 Å². The van der Waals surface area contributed by atoms with Crippen LogP contribution in [0, 0.1) is 20.2 Å². The second-order valence-electron chi connectivity index (χ2n) is 4.05. The Labute approximate surface area is 123 Å². The van der Waals surface area contributed by atoms with Crippen LogP contribution in [0.1, 0.15) is 0 Å². The van der Waals surface area contributed by atoms with Gasteiger partial charge in [0.15, 0.2) is 0 Å². The number of ether oxygens (including phenoxy) is 1. The van der Waals surface area contributed by atoms with Gasteiger partial charge in [-0.3, -0.25) is 25.2 Å². The van der Waals surface area contributed by atoms with Gasteiger partial charge in [0.1, 0.15) is 5.52 Å². The van der Waals surface area contributed by atoms with Crippen molar-refractivity contribution in [1.29, 1.82) is 0 Å². The molecule has 0 fully saturated rings. The van der Waals surface area contributed by atoms with Gasteiger partial charge in [-0.25, -0.2) is 4.79 Å². The van der Waals surface area contributed by atoms with E-state index in [-0.39, 0.29) is 5.39 Å². The Kier molecular flexibility index (Phi) is 3.82. The van der Waals surface area contributed by atoms with Gasteiger partial charge in [-0.2, -0.15) is 13.2 Å². The monoisotopic (exact) mass is 331 g/mol. The van der Waals surface area contributed by atoms with E-state index in [1.165, 1.54) is 6.07 Å². The number of hydrogen-bond donors (Lipinski definition) is 0. The molecule has 0 saturated heterocycles. The summed E-state index contributed by atoms with van der Waals surface area (Å²) in [5.74, 6) is -3.82. The molecule has 12 heteroatoms. The lowest BCUT2D eigenvalue weighted by Gasteiger charge is -2.09. The predicted octanol–water partition coefficient (Wildman–Crippen LogP) is 2.52. The Bertz CT molecular complexity index is 836. The van der Waals surface area contributed by atoms with Crippen molar-refractivity contribution in [2.24, 2.45) is 0 Å². The Balaban J connectivity index is 2.79. The lowest BCUT2D eigenvalue weighted by molar-refractivity contribution is -0.393. The first-order valence-corrected chi connectivity index (χ1v) is 5.62. The average molecular weight is 331 g/mol. The van der Waals surface area contributed by atoms with E-state index in [1.807, 2.05) is 0 Å². The largest absolute Gasteiger partial charge is 0.491 e. The average Bonchev–Trinajstić information content (AvgIpc) is 2.45. The number of pyridine rings is 1. The van der Waals surface area contributed by atoms with Crippen molar-refractivity contribution in [1.82, 2.24) is 4.98 Å². The summed E-state index contributed by atoms with van der Waals surface area (Å²) in [4.78, 5) is 34.2. The molecule has 1 aromatic carbocycles. The Morgan fingerprint density at radius 3 is 2.30 bits per heavy atom. The molecule has 2 aromatic rings.